The first-order chi connectivity index (χ1) is 16.0. The molecular formula is C25H34N4O4S. The van der Waals surface area contributed by atoms with Gasteiger partial charge in [-0.2, -0.15) is 0 Å². The lowest BCUT2D eigenvalue weighted by Gasteiger charge is -2.23. The number of aromatic nitrogens is 2. The Balaban J connectivity index is 2.38. The third-order valence-electron chi connectivity index (χ3n) is 5.24. The summed E-state index contributed by atoms with van der Waals surface area (Å²) in [7, 11) is 0. The molecule has 34 heavy (non-hydrogen) atoms. The van der Waals surface area contributed by atoms with Crippen molar-refractivity contribution in [3.8, 4) is 5.75 Å². The van der Waals surface area contributed by atoms with Crippen LogP contribution >= 0.6 is 11.8 Å². The fraction of sp³-hybridized carbons (Fsp3) is 0.440. The number of carbonyl (C=O) groups excluding carboxylic acids is 2. The van der Waals surface area contributed by atoms with Gasteiger partial charge in [-0.25, -0.2) is 9.97 Å². The standard InChI is InChI=1S/C25H34N4O4S/c1-7-33-21-12-19(25(4,5)6)8-9-20(21)24(32)34-22(10-11-30)16(2)29(15-31)14-18-13-27-17(3)28-23(18)26/h8-9,12-13,15,30H,7,10-11,14H2,1-6H3,(H2,26,27,28). The first kappa shape index (κ1) is 27.3. The van der Waals surface area contributed by atoms with E-state index in [1.54, 1.807) is 26.1 Å². The summed E-state index contributed by atoms with van der Waals surface area (Å²) in [6.45, 7) is 12.0. The van der Waals surface area contributed by atoms with E-state index in [0.29, 0.717) is 52.1 Å². The van der Waals surface area contributed by atoms with Gasteiger partial charge in [-0.15, -0.1) is 0 Å². The van der Waals surface area contributed by atoms with Crippen LogP contribution in [0.4, 0.5) is 5.82 Å². The molecule has 0 spiro atoms. The maximum atomic E-state index is 13.3. The van der Waals surface area contributed by atoms with Crippen molar-refractivity contribution in [2.24, 2.45) is 0 Å². The number of aliphatic hydroxyl groups is 1. The van der Waals surface area contributed by atoms with Crippen LogP contribution in [-0.4, -0.2) is 44.7 Å². The molecule has 0 unspecified atom stereocenters. The molecule has 1 aromatic carbocycles. The zero-order chi connectivity index (χ0) is 25.5. The highest BCUT2D eigenvalue weighted by molar-refractivity contribution is 8.17. The molecule has 2 rings (SSSR count). The summed E-state index contributed by atoms with van der Waals surface area (Å²) in [5.41, 5.74) is 8.53. The zero-order valence-corrected chi connectivity index (χ0v) is 21.5. The summed E-state index contributed by atoms with van der Waals surface area (Å²) < 4.78 is 5.77. The van der Waals surface area contributed by atoms with Crippen LogP contribution in [0.3, 0.4) is 0 Å². The van der Waals surface area contributed by atoms with E-state index < -0.39 is 0 Å². The lowest BCUT2D eigenvalue weighted by Crippen LogP contribution is -2.22. The lowest BCUT2D eigenvalue weighted by atomic mass is 9.86. The smallest absolute Gasteiger partial charge is 0.227 e. The van der Waals surface area contributed by atoms with E-state index in [1.807, 2.05) is 19.1 Å². The van der Waals surface area contributed by atoms with Crippen LogP contribution in [0.15, 0.2) is 35.0 Å². The molecule has 3 N–H and O–H groups in total. The van der Waals surface area contributed by atoms with Crippen molar-refractivity contribution in [1.29, 1.82) is 0 Å². The van der Waals surface area contributed by atoms with Gasteiger partial charge in [-0.05, 0) is 55.6 Å². The van der Waals surface area contributed by atoms with Gasteiger partial charge < -0.3 is 20.5 Å². The molecule has 8 nitrogen and oxygen atoms in total. The maximum absolute atomic E-state index is 13.3. The van der Waals surface area contributed by atoms with Gasteiger partial charge in [0.15, 0.2) is 0 Å². The molecule has 1 heterocycles. The average molecular weight is 487 g/mol. The molecule has 1 amide bonds. The number of aliphatic hydroxyl groups excluding tert-OH is 1. The highest BCUT2D eigenvalue weighted by atomic mass is 32.2. The Hall–Kier alpha value is -2.91. The van der Waals surface area contributed by atoms with Crippen molar-refractivity contribution >= 4 is 29.1 Å². The Bertz CT molecular complexity index is 1060. The molecule has 0 atom stereocenters. The van der Waals surface area contributed by atoms with Gasteiger partial charge in [0.1, 0.15) is 17.4 Å². The topological polar surface area (TPSA) is 119 Å². The predicted molar refractivity (Wildman–Crippen MR) is 135 cm³/mol. The van der Waals surface area contributed by atoms with Gasteiger partial charge in [0.05, 0.1) is 18.7 Å². The number of amides is 1. The van der Waals surface area contributed by atoms with E-state index in [0.717, 1.165) is 17.3 Å². The molecule has 0 saturated carbocycles. The minimum atomic E-state index is -0.226. The second-order valence-corrected chi connectivity index (χ2v) is 9.89. The third-order valence-corrected chi connectivity index (χ3v) is 6.39. The van der Waals surface area contributed by atoms with E-state index in [2.05, 4.69) is 30.7 Å². The largest absolute Gasteiger partial charge is 0.493 e. The van der Waals surface area contributed by atoms with Gasteiger partial charge in [0, 0.05) is 35.4 Å². The van der Waals surface area contributed by atoms with Gasteiger partial charge in [-0.1, -0.05) is 26.8 Å². The maximum Gasteiger partial charge on any atom is 0.227 e. The average Bonchev–Trinajstić information content (AvgIpc) is 2.77. The number of hydrogen-bond acceptors (Lipinski definition) is 8. The summed E-state index contributed by atoms with van der Waals surface area (Å²) in [6.07, 6.45) is 2.47. The van der Waals surface area contributed by atoms with Crippen molar-refractivity contribution < 1.29 is 19.4 Å². The van der Waals surface area contributed by atoms with E-state index in [-0.39, 0.29) is 30.1 Å². The van der Waals surface area contributed by atoms with Crippen LogP contribution in [0.25, 0.3) is 0 Å². The highest BCUT2D eigenvalue weighted by Crippen LogP contribution is 2.34. The fourth-order valence-corrected chi connectivity index (χ4v) is 4.18. The number of hydrogen-bond donors (Lipinski definition) is 2. The number of ether oxygens (including phenoxy) is 1. The summed E-state index contributed by atoms with van der Waals surface area (Å²) >= 11 is 0.982. The molecule has 0 saturated heterocycles. The van der Waals surface area contributed by atoms with E-state index in [4.69, 9.17) is 10.5 Å². The molecule has 1 aromatic heterocycles. The SMILES string of the molecule is CCOc1cc(C(C)(C)C)ccc1C(=O)SC(CCO)=C(C)N(C=O)Cc1cnc(C)nc1N. The molecule has 0 radical (unpaired) electrons. The van der Waals surface area contributed by atoms with Gasteiger partial charge in [0.2, 0.25) is 11.5 Å². The number of nitrogens with two attached hydrogens (primary N) is 1. The number of nitrogen functional groups attached to an aromatic ring is 1. The van der Waals surface area contributed by atoms with Gasteiger partial charge >= 0.3 is 0 Å². The molecule has 184 valence electrons. The molecule has 0 aliphatic heterocycles. The first-order valence-corrected chi connectivity index (χ1v) is 11.9. The molecule has 0 aliphatic rings. The molecule has 0 bridgehead atoms. The Kier molecular flexibility index (Phi) is 9.64. The number of benzene rings is 1. The summed E-state index contributed by atoms with van der Waals surface area (Å²) in [5.74, 6) is 1.35. The van der Waals surface area contributed by atoms with Crippen molar-refractivity contribution in [2.45, 2.75) is 59.9 Å². The first-order valence-electron chi connectivity index (χ1n) is 11.1. The Morgan fingerprint density at radius 3 is 2.59 bits per heavy atom. The van der Waals surface area contributed by atoms with Crippen LogP contribution < -0.4 is 10.5 Å². The second-order valence-electron chi connectivity index (χ2n) is 8.83. The van der Waals surface area contributed by atoms with Crippen molar-refractivity contribution in [2.75, 3.05) is 18.9 Å². The number of allylic oxidation sites excluding steroid dienone is 1. The van der Waals surface area contributed by atoms with Gasteiger partial charge in [-0.3, -0.25) is 9.59 Å². The number of aryl methyl sites for hydroxylation is 1. The van der Waals surface area contributed by atoms with Gasteiger partial charge in [0.25, 0.3) is 0 Å². The van der Waals surface area contributed by atoms with E-state index in [1.165, 1.54) is 4.90 Å². The Morgan fingerprint density at radius 2 is 2.03 bits per heavy atom. The molecule has 0 fully saturated rings. The summed E-state index contributed by atoms with van der Waals surface area (Å²) in [4.78, 5) is 35.5. The van der Waals surface area contributed by atoms with Crippen LogP contribution in [0.5, 0.6) is 5.75 Å². The van der Waals surface area contributed by atoms with Crippen LogP contribution in [-0.2, 0) is 16.8 Å². The third kappa shape index (κ3) is 7.04. The molecule has 9 heteroatoms. The molecule has 2 aromatic rings. The minimum Gasteiger partial charge on any atom is -0.493 e. The highest BCUT2D eigenvalue weighted by Gasteiger charge is 2.22. The number of carbonyl (C=O) groups is 2. The van der Waals surface area contributed by atoms with Crippen LogP contribution in [0, 0.1) is 6.92 Å². The Labute approximate surface area is 205 Å². The minimum absolute atomic E-state index is 0.0922. The van der Waals surface area contributed by atoms with Crippen LogP contribution in [0.2, 0.25) is 0 Å². The number of anilines is 1. The second kappa shape index (κ2) is 12.0. The van der Waals surface area contributed by atoms with Crippen molar-refractivity contribution in [1.82, 2.24) is 14.9 Å². The lowest BCUT2D eigenvalue weighted by molar-refractivity contribution is -0.116. The van der Waals surface area contributed by atoms with Crippen molar-refractivity contribution in [3.05, 3.63) is 57.5 Å². The quantitative estimate of drug-likeness (QED) is 0.480. The number of nitrogens with zero attached hydrogens (tertiary/aromatic N) is 3. The summed E-state index contributed by atoms with van der Waals surface area (Å²) in [5, 5.41) is 9.40. The molecule has 0 aliphatic carbocycles. The number of rotatable bonds is 10. The number of thioether (sulfide) groups is 1. The predicted octanol–water partition coefficient (Wildman–Crippen LogP) is 4.21. The normalized spacial score (nSPS) is 12.2. The van der Waals surface area contributed by atoms with Crippen molar-refractivity contribution in [3.63, 3.8) is 0 Å². The zero-order valence-electron chi connectivity index (χ0n) is 20.7. The van der Waals surface area contributed by atoms with E-state index >= 15 is 0 Å². The fourth-order valence-electron chi connectivity index (χ4n) is 3.22. The summed E-state index contributed by atoms with van der Waals surface area (Å²) in [6, 6.07) is 5.60. The van der Waals surface area contributed by atoms with Crippen LogP contribution in [0.1, 0.15) is 68.3 Å². The monoisotopic (exact) mass is 486 g/mol. The Morgan fingerprint density at radius 1 is 1.32 bits per heavy atom. The molecular weight excluding hydrogens is 452 g/mol. The van der Waals surface area contributed by atoms with E-state index in [9.17, 15) is 14.7 Å².